The molecule has 0 aliphatic heterocycles. The van der Waals surface area contributed by atoms with Gasteiger partial charge >= 0.3 is 0 Å². The maximum atomic E-state index is 9.56. The van der Waals surface area contributed by atoms with Crippen LogP contribution in [-0.4, -0.2) is 29.9 Å². The minimum absolute atomic E-state index is 0.225. The number of nitrogens with one attached hydrogen (secondary N) is 1. The van der Waals surface area contributed by atoms with E-state index in [0.29, 0.717) is 12.3 Å². The fourth-order valence-electron chi connectivity index (χ4n) is 1.18. The zero-order valence-corrected chi connectivity index (χ0v) is 8.15. The molecule has 1 aromatic heterocycles. The van der Waals surface area contributed by atoms with E-state index < -0.39 is 6.10 Å². The summed E-state index contributed by atoms with van der Waals surface area (Å²) in [5.74, 6) is 0.583. The second-order valence-electron chi connectivity index (χ2n) is 3.17. The van der Waals surface area contributed by atoms with Gasteiger partial charge in [-0.3, -0.25) is 0 Å². The maximum Gasteiger partial charge on any atom is 0.133 e. The number of aliphatic hydroxyl groups excluding tert-OH is 2. The molecule has 0 spiro atoms. The first-order valence-corrected chi connectivity index (χ1v) is 4.87. The van der Waals surface area contributed by atoms with Crippen LogP contribution < -0.4 is 5.32 Å². The van der Waals surface area contributed by atoms with Crippen molar-refractivity contribution >= 4 is 0 Å². The lowest BCUT2D eigenvalue weighted by Crippen LogP contribution is -2.22. The van der Waals surface area contributed by atoms with Gasteiger partial charge in [0.05, 0.1) is 6.26 Å². The Balaban J connectivity index is 2.07. The first kappa shape index (κ1) is 11.2. The van der Waals surface area contributed by atoms with Gasteiger partial charge < -0.3 is 19.9 Å². The molecule has 80 valence electrons. The van der Waals surface area contributed by atoms with Crippen LogP contribution >= 0.6 is 0 Å². The summed E-state index contributed by atoms with van der Waals surface area (Å²) in [5.41, 5.74) is 0. The van der Waals surface area contributed by atoms with Crippen molar-refractivity contribution in [1.82, 2.24) is 5.32 Å². The summed E-state index contributed by atoms with van der Waals surface area (Å²) in [6.45, 7) is 1.51. The first-order chi connectivity index (χ1) is 6.84. The topological polar surface area (TPSA) is 65.6 Å². The number of unbranched alkanes of at least 4 members (excludes halogenated alkanes) is 1. The molecule has 0 bridgehead atoms. The zero-order chi connectivity index (χ0) is 10.2. The quantitative estimate of drug-likeness (QED) is 0.565. The first-order valence-electron chi connectivity index (χ1n) is 4.87. The Kier molecular flexibility index (Phi) is 5.29. The van der Waals surface area contributed by atoms with Crippen molar-refractivity contribution in [1.29, 1.82) is 0 Å². The zero-order valence-electron chi connectivity index (χ0n) is 8.15. The lowest BCUT2D eigenvalue weighted by atomic mass is 10.2. The number of hydrogen-bond acceptors (Lipinski definition) is 4. The summed E-state index contributed by atoms with van der Waals surface area (Å²) >= 11 is 0. The van der Waals surface area contributed by atoms with Crippen LogP contribution in [0.1, 0.15) is 24.7 Å². The van der Waals surface area contributed by atoms with Crippen LogP contribution in [0.5, 0.6) is 0 Å². The molecule has 3 N–H and O–H groups in total. The second-order valence-corrected chi connectivity index (χ2v) is 3.17. The van der Waals surface area contributed by atoms with Gasteiger partial charge in [0, 0.05) is 13.2 Å². The highest BCUT2D eigenvalue weighted by Crippen LogP contribution is 2.11. The molecule has 14 heavy (non-hydrogen) atoms. The molecule has 0 saturated heterocycles. The Hall–Kier alpha value is -0.840. The van der Waals surface area contributed by atoms with Gasteiger partial charge in [-0.15, -0.1) is 0 Å². The molecule has 0 amide bonds. The predicted octanol–water partition coefficient (Wildman–Crippen LogP) is 0.675. The SMILES string of the molecule is OCCCCNCC(O)c1ccco1. The van der Waals surface area contributed by atoms with Gasteiger partial charge in [0.25, 0.3) is 0 Å². The molecule has 1 aromatic rings. The molecule has 0 saturated carbocycles. The van der Waals surface area contributed by atoms with Crippen molar-refractivity contribution in [3.05, 3.63) is 24.2 Å². The van der Waals surface area contributed by atoms with E-state index in [-0.39, 0.29) is 6.61 Å². The van der Waals surface area contributed by atoms with E-state index in [1.54, 1.807) is 18.4 Å². The summed E-state index contributed by atoms with van der Waals surface area (Å²) in [6, 6.07) is 3.50. The second kappa shape index (κ2) is 6.59. The molecular weight excluding hydrogens is 182 g/mol. The van der Waals surface area contributed by atoms with E-state index in [1.165, 1.54) is 0 Å². The van der Waals surface area contributed by atoms with E-state index in [4.69, 9.17) is 9.52 Å². The third kappa shape index (κ3) is 3.91. The minimum Gasteiger partial charge on any atom is -0.467 e. The Bertz CT molecular complexity index is 223. The van der Waals surface area contributed by atoms with Gasteiger partial charge in [-0.05, 0) is 31.5 Å². The lowest BCUT2D eigenvalue weighted by molar-refractivity contribution is 0.147. The van der Waals surface area contributed by atoms with Gasteiger partial charge in [0.15, 0.2) is 0 Å². The van der Waals surface area contributed by atoms with Crippen molar-refractivity contribution in [2.45, 2.75) is 18.9 Å². The summed E-state index contributed by atoms with van der Waals surface area (Å²) in [6.07, 6.45) is 2.68. The third-order valence-corrected chi connectivity index (χ3v) is 1.97. The highest BCUT2D eigenvalue weighted by Gasteiger charge is 2.08. The van der Waals surface area contributed by atoms with E-state index >= 15 is 0 Å². The van der Waals surface area contributed by atoms with Crippen LogP contribution in [0, 0.1) is 0 Å². The average Bonchev–Trinajstić information content (AvgIpc) is 2.70. The predicted molar refractivity (Wildman–Crippen MR) is 52.9 cm³/mol. The number of aliphatic hydroxyl groups is 2. The Labute approximate surface area is 83.6 Å². The van der Waals surface area contributed by atoms with Gasteiger partial charge in [0.1, 0.15) is 11.9 Å². The monoisotopic (exact) mass is 199 g/mol. The molecule has 1 unspecified atom stereocenters. The van der Waals surface area contributed by atoms with Crippen LogP contribution in [0.3, 0.4) is 0 Å². The molecule has 0 radical (unpaired) electrons. The largest absolute Gasteiger partial charge is 0.467 e. The Morgan fingerprint density at radius 1 is 1.43 bits per heavy atom. The Morgan fingerprint density at radius 2 is 2.29 bits per heavy atom. The van der Waals surface area contributed by atoms with E-state index in [0.717, 1.165) is 19.4 Å². The number of hydrogen-bond donors (Lipinski definition) is 3. The van der Waals surface area contributed by atoms with Crippen LogP contribution in [0.25, 0.3) is 0 Å². The summed E-state index contributed by atoms with van der Waals surface area (Å²) in [7, 11) is 0. The van der Waals surface area contributed by atoms with Crippen molar-refractivity contribution in [3.63, 3.8) is 0 Å². The smallest absolute Gasteiger partial charge is 0.133 e. The van der Waals surface area contributed by atoms with E-state index in [9.17, 15) is 5.11 Å². The maximum absolute atomic E-state index is 9.56. The standard InChI is InChI=1S/C10H17NO3/c12-6-2-1-5-11-8-9(13)10-4-3-7-14-10/h3-4,7,9,11-13H,1-2,5-6,8H2. The van der Waals surface area contributed by atoms with Gasteiger partial charge in [-0.25, -0.2) is 0 Å². The van der Waals surface area contributed by atoms with Gasteiger partial charge in [-0.1, -0.05) is 0 Å². The molecule has 0 aliphatic carbocycles. The molecule has 0 aromatic carbocycles. The van der Waals surface area contributed by atoms with Crippen LogP contribution in [0.4, 0.5) is 0 Å². The number of rotatable bonds is 7. The van der Waals surface area contributed by atoms with E-state index in [2.05, 4.69) is 5.32 Å². The van der Waals surface area contributed by atoms with Crippen molar-refractivity contribution in [2.24, 2.45) is 0 Å². The molecule has 4 heteroatoms. The average molecular weight is 199 g/mol. The lowest BCUT2D eigenvalue weighted by Gasteiger charge is -2.08. The van der Waals surface area contributed by atoms with Crippen LogP contribution in [0.2, 0.25) is 0 Å². The highest BCUT2D eigenvalue weighted by molar-refractivity contribution is 5.01. The fraction of sp³-hybridized carbons (Fsp3) is 0.600. The molecule has 1 rings (SSSR count). The summed E-state index contributed by atoms with van der Waals surface area (Å²) < 4.78 is 5.04. The third-order valence-electron chi connectivity index (χ3n) is 1.97. The molecule has 1 heterocycles. The van der Waals surface area contributed by atoms with Gasteiger partial charge in [0.2, 0.25) is 0 Å². The molecular formula is C10H17NO3. The highest BCUT2D eigenvalue weighted by atomic mass is 16.4. The molecule has 0 fully saturated rings. The minimum atomic E-state index is -0.584. The summed E-state index contributed by atoms with van der Waals surface area (Å²) in [4.78, 5) is 0. The van der Waals surface area contributed by atoms with Gasteiger partial charge in [-0.2, -0.15) is 0 Å². The fourth-order valence-corrected chi connectivity index (χ4v) is 1.18. The normalized spacial score (nSPS) is 13.0. The van der Waals surface area contributed by atoms with Crippen molar-refractivity contribution in [3.8, 4) is 0 Å². The van der Waals surface area contributed by atoms with Crippen molar-refractivity contribution in [2.75, 3.05) is 19.7 Å². The number of furan rings is 1. The molecule has 0 aliphatic rings. The summed E-state index contributed by atoms with van der Waals surface area (Å²) in [5, 5.41) is 21.2. The van der Waals surface area contributed by atoms with Crippen molar-refractivity contribution < 1.29 is 14.6 Å². The van der Waals surface area contributed by atoms with E-state index in [1.807, 2.05) is 0 Å². The molecule has 4 nitrogen and oxygen atoms in total. The van der Waals surface area contributed by atoms with Crippen LogP contribution in [0.15, 0.2) is 22.8 Å². The Morgan fingerprint density at radius 3 is 2.93 bits per heavy atom. The van der Waals surface area contributed by atoms with Crippen LogP contribution in [-0.2, 0) is 0 Å². The molecule has 1 atom stereocenters.